The first-order chi connectivity index (χ1) is 7.13. The summed E-state index contributed by atoms with van der Waals surface area (Å²) in [6.45, 7) is 4.01. The van der Waals surface area contributed by atoms with Crippen LogP contribution >= 0.6 is 0 Å². The van der Waals surface area contributed by atoms with Crippen molar-refractivity contribution in [3.63, 3.8) is 0 Å². The minimum Gasteiger partial charge on any atom is -0.350 e. The molecule has 0 saturated heterocycles. The normalized spacial score (nSPS) is 12.2. The number of hydrogen-bond donors (Lipinski definition) is 1. The molecule has 0 aromatic heterocycles. The average Bonchev–Trinajstić information content (AvgIpc) is 2.18. The zero-order chi connectivity index (χ0) is 11.3. The number of halogens is 1. The fourth-order valence-corrected chi connectivity index (χ4v) is 1.44. The second-order valence-corrected chi connectivity index (χ2v) is 3.67. The van der Waals surface area contributed by atoms with Crippen LogP contribution in [0.15, 0.2) is 24.3 Å². The lowest BCUT2D eigenvalue weighted by Gasteiger charge is -2.12. The van der Waals surface area contributed by atoms with E-state index in [2.05, 4.69) is 12.2 Å². The second-order valence-electron chi connectivity index (χ2n) is 3.67. The minimum atomic E-state index is -0.384. The third-order valence-electron chi connectivity index (χ3n) is 2.19. The van der Waals surface area contributed by atoms with Crippen molar-refractivity contribution >= 4 is 5.91 Å². The molecule has 1 aromatic carbocycles. The van der Waals surface area contributed by atoms with E-state index in [-0.39, 0.29) is 17.8 Å². The summed E-state index contributed by atoms with van der Waals surface area (Å²) < 4.78 is 12.8. The van der Waals surface area contributed by atoms with E-state index >= 15 is 0 Å². The van der Waals surface area contributed by atoms with Gasteiger partial charge in [0.05, 0.1) is 0 Å². The summed E-state index contributed by atoms with van der Waals surface area (Å²) in [6, 6.07) is 5.84. The van der Waals surface area contributed by atoms with E-state index in [9.17, 15) is 9.18 Å². The maximum atomic E-state index is 12.8. The van der Waals surface area contributed by atoms with Gasteiger partial charge in [0.2, 0.25) is 0 Å². The first kappa shape index (κ1) is 11.7. The standard InChI is InChI=1S/C12H16FNO/c1-3-5-9(2)14-12(15)10-6-4-7-11(13)8-10/h4,6-9H,3,5H2,1-2H3,(H,14,15). The van der Waals surface area contributed by atoms with Crippen molar-refractivity contribution < 1.29 is 9.18 Å². The Labute approximate surface area is 89.5 Å². The van der Waals surface area contributed by atoms with Crippen molar-refractivity contribution in [2.45, 2.75) is 32.7 Å². The Morgan fingerprint density at radius 3 is 2.87 bits per heavy atom. The van der Waals surface area contributed by atoms with Crippen LogP contribution in [0.1, 0.15) is 37.0 Å². The van der Waals surface area contributed by atoms with Crippen LogP contribution in [0.5, 0.6) is 0 Å². The van der Waals surface area contributed by atoms with E-state index in [1.165, 1.54) is 18.2 Å². The summed E-state index contributed by atoms with van der Waals surface area (Å²) in [4.78, 5) is 11.6. The van der Waals surface area contributed by atoms with Gasteiger partial charge in [-0.15, -0.1) is 0 Å². The number of benzene rings is 1. The van der Waals surface area contributed by atoms with Gasteiger partial charge in [-0.05, 0) is 31.5 Å². The summed E-state index contributed by atoms with van der Waals surface area (Å²) in [6.07, 6.45) is 1.95. The van der Waals surface area contributed by atoms with Gasteiger partial charge in [-0.2, -0.15) is 0 Å². The molecule has 1 atom stereocenters. The number of carbonyl (C=O) groups excluding carboxylic acids is 1. The summed E-state index contributed by atoms with van der Waals surface area (Å²) in [5, 5.41) is 2.82. The monoisotopic (exact) mass is 209 g/mol. The van der Waals surface area contributed by atoms with Crippen LogP contribution in [-0.4, -0.2) is 11.9 Å². The van der Waals surface area contributed by atoms with Gasteiger partial charge in [0.1, 0.15) is 5.82 Å². The number of hydrogen-bond acceptors (Lipinski definition) is 1. The van der Waals surface area contributed by atoms with E-state index in [4.69, 9.17) is 0 Å². The highest BCUT2D eigenvalue weighted by Crippen LogP contribution is 2.04. The van der Waals surface area contributed by atoms with E-state index in [0.717, 1.165) is 12.8 Å². The lowest BCUT2D eigenvalue weighted by Crippen LogP contribution is -2.32. The van der Waals surface area contributed by atoms with Crippen LogP contribution in [0.3, 0.4) is 0 Å². The molecule has 2 nitrogen and oxygen atoms in total. The van der Waals surface area contributed by atoms with E-state index < -0.39 is 0 Å². The largest absolute Gasteiger partial charge is 0.350 e. The van der Waals surface area contributed by atoms with Crippen LogP contribution in [0.4, 0.5) is 4.39 Å². The lowest BCUT2D eigenvalue weighted by atomic mass is 10.1. The number of carbonyl (C=O) groups is 1. The van der Waals surface area contributed by atoms with Crippen molar-refractivity contribution in [3.05, 3.63) is 35.6 Å². The highest BCUT2D eigenvalue weighted by molar-refractivity contribution is 5.94. The SMILES string of the molecule is CCCC(C)NC(=O)c1cccc(F)c1. The molecule has 0 radical (unpaired) electrons. The van der Waals surface area contributed by atoms with Crippen LogP contribution in [-0.2, 0) is 0 Å². The topological polar surface area (TPSA) is 29.1 Å². The van der Waals surface area contributed by atoms with Crippen LogP contribution < -0.4 is 5.32 Å². The molecular formula is C12H16FNO. The molecule has 0 spiro atoms. The number of rotatable bonds is 4. The Morgan fingerprint density at radius 1 is 1.53 bits per heavy atom. The second kappa shape index (κ2) is 5.49. The molecule has 0 aliphatic heterocycles. The Bertz CT molecular complexity index is 338. The molecule has 0 saturated carbocycles. The van der Waals surface area contributed by atoms with Crippen molar-refractivity contribution in [2.75, 3.05) is 0 Å². The first-order valence-electron chi connectivity index (χ1n) is 5.20. The van der Waals surface area contributed by atoms with Gasteiger partial charge in [-0.3, -0.25) is 4.79 Å². The molecule has 1 N–H and O–H groups in total. The molecule has 0 fully saturated rings. The van der Waals surface area contributed by atoms with Gasteiger partial charge in [0, 0.05) is 11.6 Å². The fraction of sp³-hybridized carbons (Fsp3) is 0.417. The average molecular weight is 209 g/mol. The van der Waals surface area contributed by atoms with Gasteiger partial charge in [0.25, 0.3) is 5.91 Å². The number of nitrogens with one attached hydrogen (secondary N) is 1. The molecule has 1 unspecified atom stereocenters. The van der Waals surface area contributed by atoms with Gasteiger partial charge in [0.15, 0.2) is 0 Å². The highest BCUT2D eigenvalue weighted by atomic mass is 19.1. The Morgan fingerprint density at radius 2 is 2.27 bits per heavy atom. The highest BCUT2D eigenvalue weighted by Gasteiger charge is 2.09. The summed E-state index contributed by atoms with van der Waals surface area (Å²) in [7, 11) is 0. The molecule has 1 rings (SSSR count). The van der Waals surface area contributed by atoms with Crippen LogP contribution in [0.2, 0.25) is 0 Å². The smallest absolute Gasteiger partial charge is 0.251 e. The van der Waals surface area contributed by atoms with Gasteiger partial charge < -0.3 is 5.32 Å². The maximum absolute atomic E-state index is 12.8. The van der Waals surface area contributed by atoms with E-state index in [0.29, 0.717) is 5.56 Å². The van der Waals surface area contributed by atoms with Crippen molar-refractivity contribution in [1.82, 2.24) is 5.32 Å². The summed E-state index contributed by atoms with van der Waals surface area (Å²) in [5.41, 5.74) is 0.373. The van der Waals surface area contributed by atoms with Crippen LogP contribution in [0.25, 0.3) is 0 Å². The lowest BCUT2D eigenvalue weighted by molar-refractivity contribution is 0.0938. The molecular weight excluding hydrogens is 193 g/mol. The van der Waals surface area contributed by atoms with E-state index in [1.54, 1.807) is 6.07 Å². The number of amides is 1. The minimum absolute atomic E-state index is 0.130. The fourth-order valence-electron chi connectivity index (χ4n) is 1.44. The van der Waals surface area contributed by atoms with Crippen molar-refractivity contribution in [2.24, 2.45) is 0 Å². The quantitative estimate of drug-likeness (QED) is 0.811. The molecule has 1 amide bonds. The first-order valence-corrected chi connectivity index (χ1v) is 5.20. The maximum Gasteiger partial charge on any atom is 0.251 e. The van der Waals surface area contributed by atoms with Gasteiger partial charge >= 0.3 is 0 Å². The Hall–Kier alpha value is -1.38. The van der Waals surface area contributed by atoms with E-state index in [1.807, 2.05) is 6.92 Å². The molecule has 0 aliphatic carbocycles. The molecule has 3 heteroatoms. The summed E-state index contributed by atoms with van der Waals surface area (Å²) in [5.74, 6) is -0.596. The Kier molecular flexibility index (Phi) is 4.28. The van der Waals surface area contributed by atoms with Crippen LogP contribution in [0, 0.1) is 5.82 Å². The third-order valence-corrected chi connectivity index (χ3v) is 2.19. The van der Waals surface area contributed by atoms with Crippen molar-refractivity contribution in [1.29, 1.82) is 0 Å². The predicted molar refractivity (Wildman–Crippen MR) is 58.2 cm³/mol. The molecule has 0 aliphatic rings. The zero-order valence-electron chi connectivity index (χ0n) is 9.09. The molecule has 0 bridgehead atoms. The summed E-state index contributed by atoms with van der Waals surface area (Å²) >= 11 is 0. The molecule has 1 aromatic rings. The molecule has 15 heavy (non-hydrogen) atoms. The Balaban J connectivity index is 2.61. The third kappa shape index (κ3) is 3.70. The molecule has 0 heterocycles. The van der Waals surface area contributed by atoms with Crippen molar-refractivity contribution in [3.8, 4) is 0 Å². The molecule has 82 valence electrons. The zero-order valence-corrected chi connectivity index (χ0v) is 9.09. The predicted octanol–water partition coefficient (Wildman–Crippen LogP) is 2.74. The van der Waals surface area contributed by atoms with Gasteiger partial charge in [-0.25, -0.2) is 4.39 Å². The van der Waals surface area contributed by atoms with Gasteiger partial charge in [-0.1, -0.05) is 19.4 Å².